The molecule has 0 fully saturated rings. The summed E-state index contributed by atoms with van der Waals surface area (Å²) in [5, 5.41) is 10.4. The van der Waals surface area contributed by atoms with Gasteiger partial charge in [-0.3, -0.25) is 0 Å². The Kier molecular flexibility index (Phi) is 4.60. The number of aromatic nitrogens is 2. The van der Waals surface area contributed by atoms with Gasteiger partial charge in [0.15, 0.2) is 0 Å². The Balaban J connectivity index is 1.91. The van der Waals surface area contributed by atoms with Crippen LogP contribution in [0.15, 0.2) is 53.0 Å². The van der Waals surface area contributed by atoms with Crippen LogP contribution >= 0.6 is 50.5 Å². The van der Waals surface area contributed by atoms with E-state index in [1.807, 2.05) is 48.5 Å². The fourth-order valence-electron chi connectivity index (χ4n) is 1.85. The molecule has 6 heteroatoms. The second-order valence-corrected chi connectivity index (χ2v) is 7.05. The summed E-state index contributed by atoms with van der Waals surface area (Å²) in [5.74, 6) is 0. The average Bonchev–Trinajstić information content (AvgIpc) is 3.00. The van der Waals surface area contributed by atoms with Gasteiger partial charge in [-0.25, -0.2) is 0 Å². The van der Waals surface area contributed by atoms with Crippen LogP contribution < -0.4 is 0 Å². The Morgan fingerprint density at radius 1 is 1.05 bits per heavy atom. The predicted molar refractivity (Wildman–Crippen MR) is 92.2 cm³/mol. The maximum Gasteiger partial charge on any atom is 0.147 e. The van der Waals surface area contributed by atoms with Crippen LogP contribution in [0.5, 0.6) is 0 Å². The Morgan fingerprint density at radius 2 is 1.81 bits per heavy atom. The molecule has 106 valence electrons. The molecule has 0 aliphatic heterocycles. The Morgan fingerprint density at radius 3 is 2.52 bits per heavy atom. The monoisotopic (exact) mass is 398 g/mol. The van der Waals surface area contributed by atoms with Crippen molar-refractivity contribution in [1.82, 2.24) is 10.2 Å². The third-order valence-electron chi connectivity index (χ3n) is 2.92. The highest BCUT2D eigenvalue weighted by molar-refractivity contribution is 9.10. The van der Waals surface area contributed by atoms with Gasteiger partial charge in [0.2, 0.25) is 0 Å². The number of hydrogen-bond donors (Lipinski definition) is 0. The molecule has 1 atom stereocenters. The van der Waals surface area contributed by atoms with E-state index in [-0.39, 0.29) is 5.38 Å². The van der Waals surface area contributed by atoms with Crippen molar-refractivity contribution < 1.29 is 0 Å². The molecule has 0 N–H and O–H groups in total. The molecule has 0 aliphatic rings. The molecule has 1 heterocycles. The summed E-state index contributed by atoms with van der Waals surface area (Å²) in [6.07, 6.45) is 0. The van der Waals surface area contributed by atoms with Crippen molar-refractivity contribution in [3.8, 4) is 10.6 Å². The van der Waals surface area contributed by atoms with E-state index in [0.717, 1.165) is 25.6 Å². The molecule has 3 aromatic rings. The summed E-state index contributed by atoms with van der Waals surface area (Å²) in [4.78, 5) is 0. The predicted octanol–water partition coefficient (Wildman–Crippen LogP) is 5.95. The molecule has 0 aliphatic carbocycles. The van der Waals surface area contributed by atoms with E-state index >= 15 is 0 Å². The first-order chi connectivity index (χ1) is 10.1. The molecule has 2 nitrogen and oxygen atoms in total. The number of hydrogen-bond acceptors (Lipinski definition) is 3. The molecule has 1 aromatic heterocycles. The Bertz CT molecular complexity index is 761. The van der Waals surface area contributed by atoms with Gasteiger partial charge in [-0.05, 0) is 33.6 Å². The summed E-state index contributed by atoms with van der Waals surface area (Å²) in [7, 11) is 0. The first-order valence-electron chi connectivity index (χ1n) is 6.13. The molecule has 2 aromatic carbocycles. The van der Waals surface area contributed by atoms with Crippen LogP contribution in [0.2, 0.25) is 5.02 Å². The summed E-state index contributed by atoms with van der Waals surface area (Å²) >= 11 is 17.4. The molecule has 0 amide bonds. The van der Waals surface area contributed by atoms with Gasteiger partial charge in [0, 0.05) is 10.0 Å². The summed E-state index contributed by atoms with van der Waals surface area (Å²) in [5.41, 5.74) is 1.94. The third-order valence-corrected chi connectivity index (χ3v) is 5.77. The molecule has 0 bridgehead atoms. The van der Waals surface area contributed by atoms with Crippen molar-refractivity contribution in [2.45, 2.75) is 5.38 Å². The van der Waals surface area contributed by atoms with E-state index in [1.54, 1.807) is 0 Å². The van der Waals surface area contributed by atoms with Crippen LogP contribution in [0, 0.1) is 0 Å². The first-order valence-corrected chi connectivity index (χ1v) is 8.55. The second kappa shape index (κ2) is 6.44. The van der Waals surface area contributed by atoms with Gasteiger partial charge >= 0.3 is 0 Å². The number of rotatable bonds is 3. The minimum Gasteiger partial charge on any atom is -0.141 e. The third kappa shape index (κ3) is 3.29. The van der Waals surface area contributed by atoms with E-state index < -0.39 is 0 Å². The number of nitrogens with zero attached hydrogens (tertiary/aromatic N) is 2. The smallest absolute Gasteiger partial charge is 0.141 e. The minimum absolute atomic E-state index is 0.289. The highest BCUT2D eigenvalue weighted by atomic mass is 79.9. The number of alkyl halides is 1. The zero-order valence-electron chi connectivity index (χ0n) is 10.6. The van der Waals surface area contributed by atoms with Crippen molar-refractivity contribution in [1.29, 1.82) is 0 Å². The molecule has 0 spiro atoms. The zero-order valence-corrected chi connectivity index (χ0v) is 14.5. The normalized spacial score (nSPS) is 12.3. The van der Waals surface area contributed by atoms with Gasteiger partial charge in [0.25, 0.3) is 0 Å². The van der Waals surface area contributed by atoms with Crippen molar-refractivity contribution in [2.24, 2.45) is 0 Å². The van der Waals surface area contributed by atoms with Gasteiger partial charge in [-0.15, -0.1) is 21.8 Å². The lowest BCUT2D eigenvalue weighted by atomic mass is 10.1. The van der Waals surface area contributed by atoms with Crippen molar-refractivity contribution in [2.75, 3.05) is 0 Å². The van der Waals surface area contributed by atoms with E-state index in [4.69, 9.17) is 23.2 Å². The lowest BCUT2D eigenvalue weighted by molar-refractivity contribution is 0.988. The lowest BCUT2D eigenvalue weighted by Gasteiger charge is -2.04. The van der Waals surface area contributed by atoms with Gasteiger partial charge in [-0.1, -0.05) is 59.3 Å². The van der Waals surface area contributed by atoms with Crippen LogP contribution in [0.1, 0.15) is 15.9 Å². The lowest BCUT2D eigenvalue weighted by Crippen LogP contribution is -1.91. The van der Waals surface area contributed by atoms with E-state index in [1.165, 1.54) is 11.3 Å². The molecule has 3 rings (SSSR count). The van der Waals surface area contributed by atoms with E-state index in [9.17, 15) is 0 Å². The van der Waals surface area contributed by atoms with Crippen LogP contribution in [0.4, 0.5) is 0 Å². The molecule has 0 saturated carbocycles. The topological polar surface area (TPSA) is 25.8 Å². The molecular formula is C15H9BrCl2N2S. The highest BCUT2D eigenvalue weighted by Gasteiger charge is 2.17. The first kappa shape index (κ1) is 15.0. The van der Waals surface area contributed by atoms with Gasteiger partial charge in [0.05, 0.1) is 5.02 Å². The number of halogens is 3. The Labute approximate surface area is 144 Å². The number of benzene rings is 2. The standard InChI is InChI=1S/C15H9BrCl2N2S/c16-11-7-6-10(8-12(11)17)14-19-20-15(21-14)13(18)9-4-2-1-3-5-9/h1-8,13H. The second-order valence-electron chi connectivity index (χ2n) is 4.35. The molecule has 21 heavy (non-hydrogen) atoms. The van der Waals surface area contributed by atoms with Crippen LogP contribution in [-0.2, 0) is 0 Å². The SMILES string of the molecule is Clc1cc(-c2nnc(C(Cl)c3ccccc3)s2)ccc1Br. The summed E-state index contributed by atoms with van der Waals surface area (Å²) < 4.78 is 0.858. The maximum atomic E-state index is 6.46. The summed E-state index contributed by atoms with van der Waals surface area (Å²) in [6.45, 7) is 0. The largest absolute Gasteiger partial charge is 0.147 e. The quantitative estimate of drug-likeness (QED) is 0.508. The van der Waals surface area contributed by atoms with Crippen molar-refractivity contribution in [3.63, 3.8) is 0 Å². The molecule has 1 unspecified atom stereocenters. The van der Waals surface area contributed by atoms with E-state index in [0.29, 0.717) is 5.02 Å². The van der Waals surface area contributed by atoms with Crippen molar-refractivity contribution >= 4 is 50.5 Å². The zero-order chi connectivity index (χ0) is 14.8. The summed E-state index contributed by atoms with van der Waals surface area (Å²) in [6, 6.07) is 15.6. The fraction of sp³-hybridized carbons (Fsp3) is 0.0667. The maximum absolute atomic E-state index is 6.46. The van der Waals surface area contributed by atoms with Crippen LogP contribution in [-0.4, -0.2) is 10.2 Å². The minimum atomic E-state index is -0.289. The molecular weight excluding hydrogens is 391 g/mol. The van der Waals surface area contributed by atoms with Crippen LogP contribution in [0.3, 0.4) is 0 Å². The van der Waals surface area contributed by atoms with E-state index in [2.05, 4.69) is 26.1 Å². The molecule has 0 saturated heterocycles. The van der Waals surface area contributed by atoms with Crippen LogP contribution in [0.25, 0.3) is 10.6 Å². The van der Waals surface area contributed by atoms with Gasteiger partial charge in [-0.2, -0.15) is 0 Å². The van der Waals surface area contributed by atoms with Crippen molar-refractivity contribution in [3.05, 3.63) is 68.6 Å². The molecule has 0 radical (unpaired) electrons. The van der Waals surface area contributed by atoms with Gasteiger partial charge < -0.3 is 0 Å². The fourth-order valence-corrected chi connectivity index (χ4v) is 3.44. The Hall–Kier alpha value is -0.940. The highest BCUT2D eigenvalue weighted by Crippen LogP contribution is 2.35. The average molecular weight is 400 g/mol. The van der Waals surface area contributed by atoms with Gasteiger partial charge in [0.1, 0.15) is 15.4 Å².